The van der Waals surface area contributed by atoms with Crippen molar-refractivity contribution in [3.8, 4) is 0 Å². The fraction of sp³-hybridized carbons (Fsp3) is 0.647. The van der Waals surface area contributed by atoms with E-state index in [1.807, 2.05) is 0 Å². The highest BCUT2D eigenvalue weighted by molar-refractivity contribution is 7.89. The van der Waals surface area contributed by atoms with Crippen molar-refractivity contribution in [1.82, 2.24) is 13.9 Å². The van der Waals surface area contributed by atoms with Crippen LogP contribution in [-0.2, 0) is 20.0 Å². The highest BCUT2D eigenvalue weighted by Gasteiger charge is 2.29. The summed E-state index contributed by atoms with van der Waals surface area (Å²) in [4.78, 5) is 2.46. The van der Waals surface area contributed by atoms with Crippen LogP contribution < -0.4 is 4.72 Å². The molecule has 7 nitrogen and oxygen atoms in total. The zero-order valence-corrected chi connectivity index (χ0v) is 16.7. The van der Waals surface area contributed by atoms with Crippen LogP contribution in [0.15, 0.2) is 34.1 Å². The summed E-state index contributed by atoms with van der Waals surface area (Å²) in [6.07, 6.45) is 3.79. The van der Waals surface area contributed by atoms with Crippen LogP contribution in [0.5, 0.6) is 0 Å². The molecule has 0 unspecified atom stereocenters. The van der Waals surface area contributed by atoms with Gasteiger partial charge in [-0.3, -0.25) is 0 Å². The minimum atomic E-state index is -3.61. The molecule has 1 aliphatic carbocycles. The first-order chi connectivity index (χ1) is 12.3. The summed E-state index contributed by atoms with van der Waals surface area (Å²) in [5.41, 5.74) is 0. The molecule has 0 amide bonds. The number of likely N-dealkylation sites (N-methyl/N-ethyl adjacent to an activating group) is 1. The lowest BCUT2D eigenvalue weighted by Crippen LogP contribution is -2.48. The van der Waals surface area contributed by atoms with Gasteiger partial charge in [-0.15, -0.1) is 0 Å². The predicted molar refractivity (Wildman–Crippen MR) is 99.9 cm³/mol. The van der Waals surface area contributed by atoms with Gasteiger partial charge in [-0.2, -0.15) is 4.31 Å². The first-order valence-corrected chi connectivity index (χ1v) is 12.1. The van der Waals surface area contributed by atoms with E-state index < -0.39 is 20.0 Å². The maximum Gasteiger partial charge on any atom is 0.243 e. The van der Waals surface area contributed by atoms with Crippen molar-refractivity contribution in [3.05, 3.63) is 24.3 Å². The number of nitrogens with one attached hydrogen (secondary N) is 1. The van der Waals surface area contributed by atoms with Crippen molar-refractivity contribution in [1.29, 1.82) is 0 Å². The first kappa shape index (κ1) is 19.8. The van der Waals surface area contributed by atoms with Crippen LogP contribution in [0.25, 0.3) is 0 Å². The van der Waals surface area contributed by atoms with Gasteiger partial charge in [-0.1, -0.05) is 19.8 Å². The Labute approximate surface area is 156 Å². The third kappa shape index (κ3) is 4.28. The summed E-state index contributed by atoms with van der Waals surface area (Å²) >= 11 is 0. The van der Waals surface area contributed by atoms with E-state index in [-0.39, 0.29) is 15.8 Å². The Morgan fingerprint density at radius 1 is 0.923 bits per heavy atom. The standard InChI is InChI=1S/C17H27N3O4S2/c1-2-19-11-13-20(14-12-19)26(23,24)17-9-7-16(8-10-17)25(21,22)18-15-5-3-4-6-15/h7-10,15,18H,2-6,11-14H2,1H3. The summed E-state index contributed by atoms with van der Waals surface area (Å²) in [7, 11) is -7.19. The van der Waals surface area contributed by atoms with Crippen LogP contribution in [0.2, 0.25) is 0 Å². The van der Waals surface area contributed by atoms with E-state index in [9.17, 15) is 16.8 Å². The molecule has 1 saturated heterocycles. The molecule has 1 aromatic rings. The molecule has 0 atom stereocenters. The van der Waals surface area contributed by atoms with E-state index in [1.165, 1.54) is 28.6 Å². The number of nitrogens with zero attached hydrogens (tertiary/aromatic N) is 2. The van der Waals surface area contributed by atoms with Crippen LogP contribution in [0.3, 0.4) is 0 Å². The highest BCUT2D eigenvalue weighted by atomic mass is 32.2. The zero-order valence-electron chi connectivity index (χ0n) is 15.1. The number of piperazine rings is 1. The van der Waals surface area contributed by atoms with Crippen molar-refractivity contribution < 1.29 is 16.8 Å². The van der Waals surface area contributed by atoms with E-state index in [0.717, 1.165) is 32.2 Å². The molecule has 2 fully saturated rings. The van der Waals surface area contributed by atoms with Gasteiger partial charge in [-0.25, -0.2) is 21.6 Å². The average Bonchev–Trinajstić information content (AvgIpc) is 3.14. The molecule has 1 aliphatic heterocycles. The first-order valence-electron chi connectivity index (χ1n) is 9.18. The Kier molecular flexibility index (Phi) is 6.03. The van der Waals surface area contributed by atoms with E-state index in [2.05, 4.69) is 16.5 Å². The van der Waals surface area contributed by atoms with Crippen molar-refractivity contribution in [2.45, 2.75) is 48.4 Å². The van der Waals surface area contributed by atoms with Crippen LogP contribution >= 0.6 is 0 Å². The summed E-state index contributed by atoms with van der Waals surface area (Å²) in [6.45, 7) is 5.32. The van der Waals surface area contributed by atoms with Gasteiger partial charge in [-0.05, 0) is 43.7 Å². The topological polar surface area (TPSA) is 86.8 Å². The molecule has 3 rings (SSSR count). The van der Waals surface area contributed by atoms with Gasteiger partial charge in [0.2, 0.25) is 20.0 Å². The Morgan fingerprint density at radius 2 is 1.46 bits per heavy atom. The van der Waals surface area contributed by atoms with Crippen molar-refractivity contribution >= 4 is 20.0 Å². The fourth-order valence-electron chi connectivity index (χ4n) is 3.56. The molecular formula is C17H27N3O4S2. The maximum absolute atomic E-state index is 12.8. The SMILES string of the molecule is CCN1CCN(S(=O)(=O)c2ccc(S(=O)(=O)NC3CCCC3)cc2)CC1. The second-order valence-electron chi connectivity index (χ2n) is 6.91. The van der Waals surface area contributed by atoms with Crippen LogP contribution in [0.1, 0.15) is 32.6 Å². The monoisotopic (exact) mass is 401 g/mol. The molecule has 26 heavy (non-hydrogen) atoms. The highest BCUT2D eigenvalue weighted by Crippen LogP contribution is 2.22. The maximum atomic E-state index is 12.8. The van der Waals surface area contributed by atoms with E-state index in [0.29, 0.717) is 26.2 Å². The van der Waals surface area contributed by atoms with Crippen molar-refractivity contribution in [3.63, 3.8) is 0 Å². The molecular weight excluding hydrogens is 374 g/mol. The largest absolute Gasteiger partial charge is 0.301 e. The number of hydrogen-bond acceptors (Lipinski definition) is 5. The molecule has 9 heteroatoms. The van der Waals surface area contributed by atoms with Gasteiger partial charge < -0.3 is 4.90 Å². The van der Waals surface area contributed by atoms with Gasteiger partial charge in [0, 0.05) is 32.2 Å². The Hall–Kier alpha value is -1.00. The quantitative estimate of drug-likeness (QED) is 0.775. The number of sulfonamides is 2. The average molecular weight is 402 g/mol. The summed E-state index contributed by atoms with van der Waals surface area (Å²) in [6, 6.07) is 5.53. The lowest BCUT2D eigenvalue weighted by Gasteiger charge is -2.33. The lowest BCUT2D eigenvalue weighted by atomic mass is 10.3. The Balaban J connectivity index is 1.72. The van der Waals surface area contributed by atoms with E-state index in [1.54, 1.807) is 0 Å². The minimum Gasteiger partial charge on any atom is -0.301 e. The third-order valence-corrected chi connectivity index (χ3v) is 8.68. The van der Waals surface area contributed by atoms with Gasteiger partial charge in [0.15, 0.2) is 0 Å². The van der Waals surface area contributed by atoms with Crippen molar-refractivity contribution in [2.75, 3.05) is 32.7 Å². The third-order valence-electron chi connectivity index (χ3n) is 5.23. The molecule has 1 N–H and O–H groups in total. The molecule has 146 valence electrons. The van der Waals surface area contributed by atoms with Gasteiger partial charge in [0.05, 0.1) is 9.79 Å². The summed E-state index contributed by atoms with van der Waals surface area (Å²) in [5, 5.41) is 0. The molecule has 1 saturated carbocycles. The molecule has 0 aromatic heterocycles. The Morgan fingerprint density at radius 3 is 2.00 bits per heavy atom. The molecule has 0 radical (unpaired) electrons. The van der Waals surface area contributed by atoms with Crippen LogP contribution in [0, 0.1) is 0 Å². The second kappa shape index (κ2) is 7.93. The fourth-order valence-corrected chi connectivity index (χ4v) is 6.28. The van der Waals surface area contributed by atoms with Gasteiger partial charge in [0.1, 0.15) is 0 Å². The predicted octanol–water partition coefficient (Wildman–Crippen LogP) is 1.23. The molecule has 0 spiro atoms. The number of rotatable bonds is 6. The van der Waals surface area contributed by atoms with Gasteiger partial charge >= 0.3 is 0 Å². The minimum absolute atomic E-state index is 0.0155. The molecule has 0 bridgehead atoms. The normalized spacial score (nSPS) is 21.3. The Bertz CT molecular complexity index is 808. The lowest BCUT2D eigenvalue weighted by molar-refractivity contribution is 0.196. The van der Waals surface area contributed by atoms with Crippen LogP contribution in [0.4, 0.5) is 0 Å². The number of benzene rings is 1. The van der Waals surface area contributed by atoms with Gasteiger partial charge in [0.25, 0.3) is 0 Å². The molecule has 1 aromatic carbocycles. The molecule has 1 heterocycles. The summed E-state index contributed by atoms with van der Waals surface area (Å²) in [5.74, 6) is 0. The van der Waals surface area contributed by atoms with E-state index in [4.69, 9.17) is 0 Å². The smallest absolute Gasteiger partial charge is 0.243 e. The zero-order chi connectivity index (χ0) is 18.8. The molecule has 2 aliphatic rings. The van der Waals surface area contributed by atoms with E-state index >= 15 is 0 Å². The summed E-state index contributed by atoms with van der Waals surface area (Å²) < 4.78 is 54.6. The number of hydrogen-bond donors (Lipinski definition) is 1. The van der Waals surface area contributed by atoms with Crippen LogP contribution in [-0.4, -0.2) is 64.8 Å². The second-order valence-corrected chi connectivity index (χ2v) is 10.6. The van der Waals surface area contributed by atoms with Crippen molar-refractivity contribution in [2.24, 2.45) is 0 Å².